The van der Waals surface area contributed by atoms with Crippen molar-refractivity contribution in [1.29, 1.82) is 0 Å². The molecule has 2 atom stereocenters. The summed E-state index contributed by atoms with van der Waals surface area (Å²) in [6.07, 6.45) is 7.56. The minimum Gasteiger partial charge on any atom is -0.449 e. The van der Waals surface area contributed by atoms with Crippen LogP contribution in [-0.2, 0) is 9.53 Å². The molecule has 0 aromatic heterocycles. The van der Waals surface area contributed by atoms with Crippen LogP contribution in [0.2, 0.25) is 0 Å². The lowest BCUT2D eigenvalue weighted by Crippen LogP contribution is -2.54. The molecule has 3 rings (SSSR count). The van der Waals surface area contributed by atoms with E-state index in [1.165, 1.54) is 0 Å². The molecule has 3 aliphatic rings. The fourth-order valence-corrected chi connectivity index (χ4v) is 4.19. The Kier molecular flexibility index (Phi) is 3.27. The van der Waals surface area contributed by atoms with E-state index in [1.54, 1.807) is 0 Å². The third kappa shape index (κ3) is 2.26. The van der Waals surface area contributed by atoms with Gasteiger partial charge in [0, 0.05) is 24.9 Å². The molecule has 2 saturated heterocycles. The maximum Gasteiger partial charge on any atom is 0.410 e. The zero-order valence-electron chi connectivity index (χ0n) is 11.7. The fraction of sp³-hybridized carbons (Fsp3) is 0.867. The molecular formula is C15H23NO3. The number of carbonyl (C=O) groups is 2. The van der Waals surface area contributed by atoms with Crippen LogP contribution in [0.15, 0.2) is 0 Å². The minimum atomic E-state index is -0.124. The molecule has 1 spiro atoms. The number of piperidine rings is 1. The number of hydrogen-bond donors (Lipinski definition) is 0. The van der Waals surface area contributed by atoms with Crippen molar-refractivity contribution < 1.29 is 14.3 Å². The zero-order chi connectivity index (χ0) is 13.5. The maximum absolute atomic E-state index is 12.2. The maximum atomic E-state index is 12.2. The van der Waals surface area contributed by atoms with Crippen LogP contribution in [0.25, 0.3) is 0 Å². The first-order chi connectivity index (χ1) is 9.13. The number of Topliss-reactive ketones (excluding diaryl/α,β-unsaturated/α-hetero) is 1. The van der Waals surface area contributed by atoms with E-state index in [0.717, 1.165) is 51.4 Å². The lowest BCUT2D eigenvalue weighted by atomic mass is 9.60. The fourth-order valence-electron chi connectivity index (χ4n) is 4.19. The highest BCUT2D eigenvalue weighted by atomic mass is 16.6. The molecule has 2 unspecified atom stereocenters. The molecule has 4 nitrogen and oxygen atoms in total. The molecule has 0 aromatic rings. The normalized spacial score (nSPS) is 31.4. The lowest BCUT2D eigenvalue weighted by molar-refractivity contribution is -0.137. The molecule has 1 amide bonds. The second-order valence-corrected chi connectivity index (χ2v) is 6.56. The molecular weight excluding hydrogens is 242 g/mol. The number of nitrogens with zero attached hydrogens (tertiary/aromatic N) is 1. The number of fused-ring (bicyclic) bond motifs is 2. The van der Waals surface area contributed by atoms with E-state index < -0.39 is 0 Å². The molecule has 0 aromatic carbocycles. The Morgan fingerprint density at radius 1 is 1.32 bits per heavy atom. The number of unbranched alkanes of at least 4 members (excludes halogenated alkanes) is 1. The van der Waals surface area contributed by atoms with Crippen molar-refractivity contribution in [2.45, 2.75) is 70.4 Å². The highest BCUT2D eigenvalue weighted by Gasteiger charge is 2.55. The molecule has 2 bridgehead atoms. The van der Waals surface area contributed by atoms with Gasteiger partial charge in [-0.1, -0.05) is 13.3 Å². The molecule has 0 radical (unpaired) electrons. The quantitative estimate of drug-likeness (QED) is 0.737. The summed E-state index contributed by atoms with van der Waals surface area (Å²) < 4.78 is 5.36. The highest BCUT2D eigenvalue weighted by Crippen LogP contribution is 2.54. The van der Waals surface area contributed by atoms with E-state index in [9.17, 15) is 9.59 Å². The van der Waals surface area contributed by atoms with Crippen molar-refractivity contribution in [1.82, 2.24) is 4.90 Å². The summed E-state index contributed by atoms with van der Waals surface area (Å²) in [6, 6.07) is 0.641. The molecule has 0 N–H and O–H groups in total. The number of ether oxygens (including phenoxy) is 1. The Labute approximate surface area is 114 Å². The van der Waals surface area contributed by atoms with Crippen molar-refractivity contribution >= 4 is 11.9 Å². The molecule has 2 heterocycles. The Bertz CT molecular complexity index is 369. The Morgan fingerprint density at radius 3 is 2.47 bits per heavy atom. The van der Waals surface area contributed by atoms with Gasteiger partial charge < -0.3 is 9.64 Å². The Balaban J connectivity index is 1.60. The van der Waals surface area contributed by atoms with Gasteiger partial charge in [0.1, 0.15) is 5.78 Å². The van der Waals surface area contributed by atoms with E-state index in [2.05, 4.69) is 6.92 Å². The second kappa shape index (κ2) is 4.80. The van der Waals surface area contributed by atoms with Crippen molar-refractivity contribution in [3.8, 4) is 0 Å². The first kappa shape index (κ1) is 12.9. The summed E-state index contributed by atoms with van der Waals surface area (Å²) in [4.78, 5) is 25.4. The van der Waals surface area contributed by atoms with Gasteiger partial charge in [-0.2, -0.15) is 0 Å². The van der Waals surface area contributed by atoms with Crippen LogP contribution in [0.4, 0.5) is 4.79 Å². The van der Waals surface area contributed by atoms with E-state index in [1.807, 2.05) is 4.90 Å². The third-order valence-corrected chi connectivity index (χ3v) is 5.04. The summed E-state index contributed by atoms with van der Waals surface area (Å²) in [5.74, 6) is 0.401. The topological polar surface area (TPSA) is 46.6 Å². The van der Waals surface area contributed by atoms with E-state index in [4.69, 9.17) is 4.74 Å². The predicted molar refractivity (Wildman–Crippen MR) is 70.8 cm³/mol. The smallest absolute Gasteiger partial charge is 0.410 e. The summed E-state index contributed by atoms with van der Waals surface area (Å²) in [5, 5.41) is 0. The van der Waals surface area contributed by atoms with Crippen molar-refractivity contribution in [3.63, 3.8) is 0 Å². The number of amides is 1. The van der Waals surface area contributed by atoms with Gasteiger partial charge in [0.2, 0.25) is 0 Å². The third-order valence-electron chi connectivity index (χ3n) is 5.04. The predicted octanol–water partition coefficient (Wildman–Crippen LogP) is 2.90. The first-order valence-electron chi connectivity index (χ1n) is 7.60. The van der Waals surface area contributed by atoms with Crippen LogP contribution < -0.4 is 0 Å². The van der Waals surface area contributed by atoms with Gasteiger partial charge in [-0.3, -0.25) is 4.79 Å². The summed E-state index contributed by atoms with van der Waals surface area (Å²) >= 11 is 0. The van der Waals surface area contributed by atoms with Crippen LogP contribution >= 0.6 is 0 Å². The summed E-state index contributed by atoms with van der Waals surface area (Å²) in [5.41, 5.74) is 0.239. The average Bonchev–Trinajstić information content (AvgIpc) is 2.61. The Morgan fingerprint density at radius 2 is 1.95 bits per heavy atom. The largest absolute Gasteiger partial charge is 0.449 e. The van der Waals surface area contributed by atoms with Crippen LogP contribution in [0, 0.1) is 5.41 Å². The molecule has 106 valence electrons. The van der Waals surface area contributed by atoms with Gasteiger partial charge in [-0.25, -0.2) is 4.79 Å². The SMILES string of the molecule is CCCCOC(=O)N1C2CCC1CC1(CC(=O)C1)C2. The number of rotatable bonds is 3. The summed E-state index contributed by atoms with van der Waals surface area (Å²) in [6.45, 7) is 2.63. The van der Waals surface area contributed by atoms with Crippen LogP contribution in [0.1, 0.15) is 58.3 Å². The van der Waals surface area contributed by atoms with E-state index in [-0.39, 0.29) is 11.5 Å². The lowest BCUT2D eigenvalue weighted by Gasteiger charge is -2.50. The average molecular weight is 265 g/mol. The van der Waals surface area contributed by atoms with Gasteiger partial charge in [0.05, 0.1) is 6.61 Å². The molecule has 2 aliphatic heterocycles. The number of carbonyl (C=O) groups excluding carboxylic acids is 2. The molecule has 4 heteroatoms. The van der Waals surface area contributed by atoms with E-state index in [0.29, 0.717) is 24.5 Å². The Hall–Kier alpha value is -1.06. The second-order valence-electron chi connectivity index (χ2n) is 6.56. The monoisotopic (exact) mass is 265 g/mol. The highest BCUT2D eigenvalue weighted by molar-refractivity contribution is 5.86. The van der Waals surface area contributed by atoms with Crippen molar-refractivity contribution in [2.75, 3.05) is 6.61 Å². The first-order valence-corrected chi connectivity index (χ1v) is 7.60. The van der Waals surface area contributed by atoms with E-state index >= 15 is 0 Å². The van der Waals surface area contributed by atoms with Crippen LogP contribution in [0.5, 0.6) is 0 Å². The van der Waals surface area contributed by atoms with Gasteiger partial charge >= 0.3 is 6.09 Å². The zero-order valence-corrected chi connectivity index (χ0v) is 11.7. The van der Waals surface area contributed by atoms with Gasteiger partial charge in [0.25, 0.3) is 0 Å². The van der Waals surface area contributed by atoms with Crippen molar-refractivity contribution in [3.05, 3.63) is 0 Å². The summed E-state index contributed by atoms with van der Waals surface area (Å²) in [7, 11) is 0. The van der Waals surface area contributed by atoms with Gasteiger partial charge in [-0.05, 0) is 37.5 Å². The molecule has 3 fully saturated rings. The van der Waals surface area contributed by atoms with Crippen LogP contribution in [0.3, 0.4) is 0 Å². The van der Waals surface area contributed by atoms with Gasteiger partial charge in [-0.15, -0.1) is 0 Å². The molecule has 1 aliphatic carbocycles. The standard InChI is InChI=1S/C15H23NO3/c1-2-3-6-19-14(18)16-11-4-5-12(16)8-15(7-11)9-13(17)10-15/h11-12H,2-10H2,1H3. The minimum absolute atomic E-state index is 0.124. The molecule has 19 heavy (non-hydrogen) atoms. The van der Waals surface area contributed by atoms with Crippen LogP contribution in [-0.4, -0.2) is 35.5 Å². The number of hydrogen-bond acceptors (Lipinski definition) is 3. The molecule has 1 saturated carbocycles. The van der Waals surface area contributed by atoms with Gasteiger partial charge in [0.15, 0.2) is 0 Å². The number of ketones is 1. The van der Waals surface area contributed by atoms with Crippen molar-refractivity contribution in [2.24, 2.45) is 5.41 Å².